The molecular formula is C14H19NO4. The number of ether oxygens (including phenoxy) is 1. The van der Waals surface area contributed by atoms with Crippen molar-refractivity contribution in [2.75, 3.05) is 20.2 Å². The molecule has 0 spiro atoms. The number of fused-ring (bicyclic) bond motifs is 1. The second kappa shape index (κ2) is 5.19. The zero-order valence-corrected chi connectivity index (χ0v) is 11.4. The number of carbonyl (C=O) groups is 1. The summed E-state index contributed by atoms with van der Waals surface area (Å²) in [4.78, 5) is 12.3. The molecule has 2 atom stereocenters. The van der Waals surface area contributed by atoms with E-state index in [-0.39, 0.29) is 12.6 Å². The highest BCUT2D eigenvalue weighted by molar-refractivity contribution is 5.69. The fraction of sp³-hybridized carbons (Fsp3) is 0.500. The van der Waals surface area contributed by atoms with Gasteiger partial charge in [0.25, 0.3) is 0 Å². The third-order valence-electron chi connectivity index (χ3n) is 3.67. The molecule has 0 saturated carbocycles. The number of benzene rings is 1. The number of likely N-dealkylation sites (N-methyl/N-ethyl adjacent to an activating group) is 1. The number of carboxylic acids is 1. The van der Waals surface area contributed by atoms with E-state index >= 15 is 0 Å². The van der Waals surface area contributed by atoms with Gasteiger partial charge in [0, 0.05) is 5.56 Å². The van der Waals surface area contributed by atoms with Gasteiger partial charge in [-0.1, -0.05) is 0 Å². The minimum absolute atomic E-state index is 0.120. The molecule has 1 aromatic rings. The van der Waals surface area contributed by atoms with Crippen LogP contribution >= 0.6 is 0 Å². The van der Waals surface area contributed by atoms with Gasteiger partial charge in [-0.3, -0.25) is 9.69 Å². The van der Waals surface area contributed by atoms with Crippen LogP contribution < -0.4 is 4.74 Å². The van der Waals surface area contributed by atoms with E-state index in [0.29, 0.717) is 12.4 Å². The topological polar surface area (TPSA) is 70.0 Å². The standard InChI is InChI=1S/C14H19NO4/c1-8-4-10-12(5-9(8)2)19-7-11(14(10)18)15(3)6-13(16)17/h4-5,11,14,18H,6-7H2,1-3H3,(H,16,17). The highest BCUT2D eigenvalue weighted by Crippen LogP contribution is 2.35. The molecule has 0 fully saturated rings. The van der Waals surface area contributed by atoms with E-state index in [1.165, 1.54) is 0 Å². The molecule has 2 rings (SSSR count). The van der Waals surface area contributed by atoms with E-state index < -0.39 is 12.1 Å². The summed E-state index contributed by atoms with van der Waals surface area (Å²) in [7, 11) is 1.68. The Morgan fingerprint density at radius 2 is 2.05 bits per heavy atom. The van der Waals surface area contributed by atoms with Crippen LogP contribution in [0.3, 0.4) is 0 Å². The minimum atomic E-state index is -0.916. The van der Waals surface area contributed by atoms with Gasteiger partial charge in [0.15, 0.2) is 0 Å². The molecular weight excluding hydrogens is 246 g/mol. The highest BCUT2D eigenvalue weighted by atomic mass is 16.5. The molecule has 19 heavy (non-hydrogen) atoms. The maximum absolute atomic E-state index is 10.7. The zero-order valence-electron chi connectivity index (χ0n) is 11.4. The molecule has 1 heterocycles. The van der Waals surface area contributed by atoms with Crippen LogP contribution in [-0.4, -0.2) is 47.3 Å². The van der Waals surface area contributed by atoms with Crippen LogP contribution in [-0.2, 0) is 4.79 Å². The molecule has 2 N–H and O–H groups in total. The molecule has 5 heteroatoms. The molecule has 0 radical (unpaired) electrons. The van der Waals surface area contributed by atoms with Gasteiger partial charge in [0.05, 0.1) is 12.6 Å². The number of nitrogens with zero attached hydrogens (tertiary/aromatic N) is 1. The quantitative estimate of drug-likeness (QED) is 0.857. The Hall–Kier alpha value is -1.59. The lowest BCUT2D eigenvalue weighted by molar-refractivity contribution is -0.139. The minimum Gasteiger partial charge on any atom is -0.491 e. The summed E-state index contributed by atoms with van der Waals surface area (Å²) in [5.74, 6) is -0.226. The van der Waals surface area contributed by atoms with E-state index in [2.05, 4.69) is 0 Å². The lowest BCUT2D eigenvalue weighted by Gasteiger charge is -2.36. The van der Waals surface area contributed by atoms with Crippen molar-refractivity contribution in [3.8, 4) is 5.75 Å². The maximum Gasteiger partial charge on any atom is 0.317 e. The Labute approximate surface area is 112 Å². The molecule has 0 saturated heterocycles. The van der Waals surface area contributed by atoms with Crippen molar-refractivity contribution in [3.63, 3.8) is 0 Å². The van der Waals surface area contributed by atoms with Crippen molar-refractivity contribution in [2.45, 2.75) is 26.0 Å². The van der Waals surface area contributed by atoms with Gasteiger partial charge in [-0.25, -0.2) is 0 Å². The number of aliphatic hydroxyl groups excluding tert-OH is 1. The average Bonchev–Trinajstić information content (AvgIpc) is 2.31. The molecule has 1 aromatic carbocycles. The molecule has 0 bridgehead atoms. The largest absolute Gasteiger partial charge is 0.491 e. The van der Waals surface area contributed by atoms with Crippen LogP contribution in [0.15, 0.2) is 12.1 Å². The van der Waals surface area contributed by atoms with E-state index in [4.69, 9.17) is 9.84 Å². The average molecular weight is 265 g/mol. The lowest BCUT2D eigenvalue weighted by atomic mass is 9.94. The normalized spacial score (nSPS) is 21.9. The van der Waals surface area contributed by atoms with Crippen LogP contribution in [0, 0.1) is 13.8 Å². The van der Waals surface area contributed by atoms with Gasteiger partial charge < -0.3 is 14.9 Å². The molecule has 104 valence electrons. The Morgan fingerprint density at radius 3 is 2.68 bits per heavy atom. The van der Waals surface area contributed by atoms with Crippen molar-refractivity contribution in [3.05, 3.63) is 28.8 Å². The van der Waals surface area contributed by atoms with E-state index in [9.17, 15) is 9.90 Å². The van der Waals surface area contributed by atoms with Gasteiger partial charge in [0.1, 0.15) is 18.5 Å². The van der Waals surface area contributed by atoms with Crippen LogP contribution in [0.1, 0.15) is 22.8 Å². The molecule has 1 aliphatic heterocycles. The molecule has 0 aliphatic carbocycles. The second-order valence-electron chi connectivity index (χ2n) is 5.11. The Morgan fingerprint density at radius 1 is 1.42 bits per heavy atom. The SMILES string of the molecule is Cc1cc2c(cc1C)C(O)C(N(C)CC(=O)O)CO2. The Kier molecular flexibility index (Phi) is 3.78. The van der Waals surface area contributed by atoms with Crippen molar-refractivity contribution < 1.29 is 19.7 Å². The number of hydrogen-bond donors (Lipinski definition) is 2. The number of hydrogen-bond acceptors (Lipinski definition) is 4. The van der Waals surface area contributed by atoms with E-state index in [1.54, 1.807) is 11.9 Å². The molecule has 0 aromatic heterocycles. The van der Waals surface area contributed by atoms with E-state index in [0.717, 1.165) is 16.7 Å². The highest BCUT2D eigenvalue weighted by Gasteiger charge is 2.33. The van der Waals surface area contributed by atoms with Crippen molar-refractivity contribution in [1.29, 1.82) is 0 Å². The first-order valence-corrected chi connectivity index (χ1v) is 6.24. The third kappa shape index (κ3) is 2.72. The van der Waals surface area contributed by atoms with Crippen LogP contribution in [0.25, 0.3) is 0 Å². The van der Waals surface area contributed by atoms with Crippen LogP contribution in [0.2, 0.25) is 0 Å². The number of aliphatic carboxylic acids is 1. The van der Waals surface area contributed by atoms with Crippen LogP contribution in [0.5, 0.6) is 5.75 Å². The molecule has 2 unspecified atom stereocenters. The summed E-state index contributed by atoms with van der Waals surface area (Å²) in [6.07, 6.45) is -0.729. The second-order valence-corrected chi connectivity index (χ2v) is 5.11. The van der Waals surface area contributed by atoms with Crippen molar-refractivity contribution in [1.82, 2.24) is 4.90 Å². The van der Waals surface area contributed by atoms with Gasteiger partial charge >= 0.3 is 5.97 Å². The lowest BCUT2D eigenvalue weighted by Crippen LogP contribution is -2.45. The summed E-state index contributed by atoms with van der Waals surface area (Å²) >= 11 is 0. The number of carboxylic acid groups (broad SMARTS) is 1. The van der Waals surface area contributed by atoms with Crippen molar-refractivity contribution in [2.24, 2.45) is 0 Å². The maximum atomic E-state index is 10.7. The molecule has 1 aliphatic rings. The number of aryl methyl sites for hydroxylation is 2. The summed E-state index contributed by atoms with van der Waals surface area (Å²) in [5, 5.41) is 19.2. The third-order valence-corrected chi connectivity index (χ3v) is 3.67. The molecule has 0 amide bonds. The number of aliphatic hydroxyl groups is 1. The summed E-state index contributed by atoms with van der Waals surface area (Å²) in [6.45, 7) is 4.15. The van der Waals surface area contributed by atoms with Gasteiger partial charge in [0.2, 0.25) is 0 Å². The Bertz CT molecular complexity index is 500. The summed E-state index contributed by atoms with van der Waals surface area (Å²) < 4.78 is 5.65. The number of rotatable bonds is 3. The monoisotopic (exact) mass is 265 g/mol. The van der Waals surface area contributed by atoms with Crippen molar-refractivity contribution >= 4 is 5.97 Å². The first-order chi connectivity index (χ1) is 8.90. The summed E-state index contributed by atoms with van der Waals surface area (Å²) in [6, 6.07) is 3.49. The fourth-order valence-corrected chi connectivity index (χ4v) is 2.34. The first kappa shape index (κ1) is 13.8. The van der Waals surface area contributed by atoms with Crippen LogP contribution in [0.4, 0.5) is 0 Å². The fourth-order valence-electron chi connectivity index (χ4n) is 2.34. The smallest absolute Gasteiger partial charge is 0.317 e. The van der Waals surface area contributed by atoms with Gasteiger partial charge in [-0.05, 0) is 44.2 Å². The summed E-state index contributed by atoms with van der Waals surface area (Å²) in [5.41, 5.74) is 2.93. The molecule has 5 nitrogen and oxygen atoms in total. The predicted molar refractivity (Wildman–Crippen MR) is 70.4 cm³/mol. The predicted octanol–water partition coefficient (Wildman–Crippen LogP) is 1.11. The first-order valence-electron chi connectivity index (χ1n) is 6.24. The van der Waals surface area contributed by atoms with E-state index in [1.807, 2.05) is 26.0 Å². The Balaban J connectivity index is 2.26. The zero-order chi connectivity index (χ0) is 14.2. The van der Waals surface area contributed by atoms with Gasteiger partial charge in [-0.2, -0.15) is 0 Å². The van der Waals surface area contributed by atoms with Gasteiger partial charge in [-0.15, -0.1) is 0 Å².